The summed E-state index contributed by atoms with van der Waals surface area (Å²) in [6, 6.07) is 0. The van der Waals surface area contributed by atoms with Crippen LogP contribution in [0.2, 0.25) is 0 Å². The van der Waals surface area contributed by atoms with Crippen molar-refractivity contribution in [3.63, 3.8) is 0 Å². The summed E-state index contributed by atoms with van der Waals surface area (Å²) in [7, 11) is 0. The van der Waals surface area contributed by atoms with E-state index in [0.717, 1.165) is 0 Å². The second-order valence-electron chi connectivity index (χ2n) is 8.03. The molecule has 0 aliphatic heterocycles. The van der Waals surface area contributed by atoms with Gasteiger partial charge in [-0.2, -0.15) is 0 Å². The molecule has 0 saturated heterocycles. The summed E-state index contributed by atoms with van der Waals surface area (Å²) < 4.78 is 58.1. The van der Waals surface area contributed by atoms with Gasteiger partial charge in [0.2, 0.25) is 0 Å². The normalized spacial score (nSPS) is 72.1. The third-order valence-electron chi connectivity index (χ3n) is 7.22. The van der Waals surface area contributed by atoms with Gasteiger partial charge in [0.15, 0.2) is 0 Å². The Morgan fingerprint density at radius 1 is 1.14 bits per heavy atom. The highest BCUT2D eigenvalue weighted by atomic mass is 16.3. The van der Waals surface area contributed by atoms with Crippen molar-refractivity contribution < 1.29 is 19.5 Å². The molecule has 2 heteroatoms. The molecule has 4 fully saturated rings. The Morgan fingerprint density at radius 3 is 2.71 bits per heavy atom. The van der Waals surface area contributed by atoms with Gasteiger partial charge in [0, 0.05) is 21.0 Å². The molecule has 118 valence electrons. The molecule has 4 aliphatic rings. The average Bonchev–Trinajstić information content (AvgIpc) is 2.68. The predicted octanol–water partition coefficient (Wildman–Crippen LogP) is 3.96. The minimum Gasteiger partial charge on any atom is -0.393 e. The van der Waals surface area contributed by atoms with Crippen molar-refractivity contribution in [3.05, 3.63) is 0 Å². The lowest BCUT2D eigenvalue weighted by Crippen LogP contribution is -2.54. The van der Waals surface area contributed by atoms with Gasteiger partial charge in [0.25, 0.3) is 0 Å². The van der Waals surface area contributed by atoms with Gasteiger partial charge in [-0.25, -0.2) is 0 Å². The fraction of sp³-hybridized carbons (Fsp3) is 0.947. The number of carbonyl (C=O) groups is 1. The minimum absolute atomic E-state index is 0.00829. The van der Waals surface area contributed by atoms with Crippen LogP contribution in [-0.4, -0.2) is 17.0 Å². The van der Waals surface area contributed by atoms with Gasteiger partial charge in [-0.3, -0.25) is 4.79 Å². The quantitative estimate of drug-likeness (QED) is 0.735. The molecule has 7 atom stereocenters. The van der Waals surface area contributed by atoms with Crippen molar-refractivity contribution in [2.75, 3.05) is 0 Å². The Hall–Kier alpha value is -0.370. The topological polar surface area (TPSA) is 37.3 Å². The van der Waals surface area contributed by atoms with Crippen molar-refractivity contribution in [2.45, 2.75) is 77.6 Å². The lowest BCUT2D eigenvalue weighted by atomic mass is 9.45. The molecule has 4 rings (SSSR count). The summed E-state index contributed by atoms with van der Waals surface area (Å²) in [5.74, 6) is -1.72. The molecule has 0 bridgehead atoms. The van der Waals surface area contributed by atoms with E-state index in [1.165, 1.54) is 0 Å². The molecule has 0 spiro atoms. The lowest BCUT2D eigenvalue weighted by Gasteiger charge is -2.60. The number of hydrogen-bond donors (Lipinski definition) is 1. The fourth-order valence-electron chi connectivity index (χ4n) is 5.83. The third kappa shape index (κ3) is 1.84. The van der Waals surface area contributed by atoms with Crippen molar-refractivity contribution in [3.8, 4) is 0 Å². The van der Waals surface area contributed by atoms with Crippen LogP contribution in [0.3, 0.4) is 0 Å². The average molecular weight is 297 g/mol. The van der Waals surface area contributed by atoms with Gasteiger partial charge in [-0.1, -0.05) is 13.8 Å². The molecule has 0 heterocycles. The molecule has 4 saturated carbocycles. The van der Waals surface area contributed by atoms with Crippen LogP contribution < -0.4 is 0 Å². The zero-order valence-corrected chi connectivity index (χ0v) is 12.9. The molecular weight excluding hydrogens is 260 g/mol. The van der Waals surface area contributed by atoms with Crippen LogP contribution in [-0.2, 0) is 4.79 Å². The van der Waals surface area contributed by atoms with Crippen LogP contribution in [0.25, 0.3) is 0 Å². The van der Waals surface area contributed by atoms with E-state index in [2.05, 4.69) is 0 Å². The number of ketones is 1. The molecule has 4 aliphatic carbocycles. The van der Waals surface area contributed by atoms with E-state index in [1.54, 1.807) is 0 Å². The number of carbonyl (C=O) groups excluding carboxylic acids is 1. The Balaban J connectivity index is 1.75. The Morgan fingerprint density at radius 2 is 1.90 bits per heavy atom. The lowest BCUT2D eigenvalue weighted by molar-refractivity contribution is -0.141. The smallest absolute Gasteiger partial charge is 0.133 e. The standard InChI is InChI=1S/C19H30O2/c1-18-9-7-13(20)11-12(18)3-4-14-15-5-6-17(21)19(15,2)10-8-16(14)18/h12,14-17,21H,3-11H2,1-2H3/t12-,14-,15-,16-,17-,18-,19-/m0/s1/i6D2,7D2,11D2,17D. The molecule has 0 aromatic carbocycles. The summed E-state index contributed by atoms with van der Waals surface area (Å²) in [5.41, 5.74) is -1.57. The SMILES string of the molecule is [2H]C1([2H])C[C@]2(C)[C@H]3CC[C@@]4(C)[C@@H](CC([2H])([2H])[C@]4([2H])O)[C@@H]3CC[C@H]2C([2H])([2H])C1=O. The second-order valence-corrected chi connectivity index (χ2v) is 8.03. The molecule has 0 aromatic heterocycles. The van der Waals surface area contributed by atoms with E-state index >= 15 is 0 Å². The van der Waals surface area contributed by atoms with E-state index in [0.29, 0.717) is 25.7 Å². The number of hydrogen-bond acceptors (Lipinski definition) is 2. The van der Waals surface area contributed by atoms with Gasteiger partial charge in [-0.05, 0) is 79.4 Å². The van der Waals surface area contributed by atoms with Crippen molar-refractivity contribution >= 4 is 5.78 Å². The largest absolute Gasteiger partial charge is 0.393 e. The van der Waals surface area contributed by atoms with Gasteiger partial charge >= 0.3 is 0 Å². The summed E-state index contributed by atoms with van der Waals surface area (Å²) in [6.07, 6.45) is -6.35. The molecule has 1 N–H and O–H groups in total. The van der Waals surface area contributed by atoms with Crippen LogP contribution in [0.4, 0.5) is 0 Å². The summed E-state index contributed by atoms with van der Waals surface area (Å²) in [4.78, 5) is 12.5. The highest BCUT2D eigenvalue weighted by molar-refractivity contribution is 5.79. The zero-order valence-electron chi connectivity index (χ0n) is 19.9. The number of aliphatic hydroxyl groups is 1. The number of fused-ring (bicyclic) bond motifs is 5. The molecule has 21 heavy (non-hydrogen) atoms. The maximum Gasteiger partial charge on any atom is 0.133 e. The summed E-state index contributed by atoms with van der Waals surface area (Å²) in [6.45, 7) is 3.72. The Kier molecular flexibility index (Phi) is 1.84. The van der Waals surface area contributed by atoms with Gasteiger partial charge in [0.05, 0.1) is 7.45 Å². The molecule has 2 nitrogen and oxygen atoms in total. The minimum atomic E-state index is -2.21. The van der Waals surface area contributed by atoms with Crippen molar-refractivity contribution in [1.82, 2.24) is 0 Å². The fourth-order valence-corrected chi connectivity index (χ4v) is 5.83. The zero-order chi connectivity index (χ0) is 21.1. The van der Waals surface area contributed by atoms with E-state index < -0.39 is 47.7 Å². The van der Waals surface area contributed by atoms with Crippen LogP contribution in [0.5, 0.6) is 0 Å². The maximum absolute atomic E-state index is 12.5. The Labute approximate surface area is 138 Å². The first-order chi connectivity index (χ1) is 12.5. The molecule has 0 aromatic rings. The van der Waals surface area contributed by atoms with Crippen LogP contribution in [0.15, 0.2) is 0 Å². The van der Waals surface area contributed by atoms with Crippen molar-refractivity contribution in [1.29, 1.82) is 0 Å². The van der Waals surface area contributed by atoms with E-state index in [4.69, 9.17) is 9.60 Å². The molecule has 0 amide bonds. The second kappa shape index (κ2) is 4.57. The monoisotopic (exact) mass is 297 g/mol. The van der Waals surface area contributed by atoms with Crippen LogP contribution in [0.1, 0.15) is 81.1 Å². The Bertz CT molecular complexity index is 721. The van der Waals surface area contributed by atoms with Gasteiger partial charge < -0.3 is 5.11 Å². The molecular formula is C19H30O2. The summed E-state index contributed by atoms with van der Waals surface area (Å²) >= 11 is 0. The number of Topliss-reactive ketones (excluding diaryl/α,β-unsaturated/α-hetero) is 1. The van der Waals surface area contributed by atoms with Crippen molar-refractivity contribution in [2.24, 2.45) is 34.5 Å². The first-order valence-corrected chi connectivity index (χ1v) is 8.30. The predicted molar refractivity (Wildman–Crippen MR) is 82.7 cm³/mol. The van der Waals surface area contributed by atoms with Gasteiger partial charge in [-0.15, -0.1) is 0 Å². The highest BCUT2D eigenvalue weighted by Crippen LogP contribution is 2.65. The first-order valence-electron chi connectivity index (χ1n) is 11.8. The maximum atomic E-state index is 12.5. The highest BCUT2D eigenvalue weighted by Gasteiger charge is 2.59. The van der Waals surface area contributed by atoms with E-state index in [9.17, 15) is 9.90 Å². The summed E-state index contributed by atoms with van der Waals surface area (Å²) in [5, 5.41) is 10.8. The molecule has 0 unspecified atom stereocenters. The number of rotatable bonds is 0. The first kappa shape index (κ1) is 8.47. The molecule has 0 radical (unpaired) electrons. The van der Waals surface area contributed by atoms with Crippen LogP contribution >= 0.6 is 0 Å². The van der Waals surface area contributed by atoms with Gasteiger partial charge in [0.1, 0.15) is 5.78 Å². The van der Waals surface area contributed by atoms with E-state index in [1.807, 2.05) is 13.8 Å². The van der Waals surface area contributed by atoms with Crippen LogP contribution in [0, 0.1) is 34.5 Å². The van der Waals surface area contributed by atoms with E-state index in [-0.39, 0.29) is 30.6 Å². The third-order valence-corrected chi connectivity index (χ3v) is 7.22.